The summed E-state index contributed by atoms with van der Waals surface area (Å²) in [6.07, 6.45) is 0.863. The van der Waals surface area contributed by atoms with Crippen molar-refractivity contribution < 1.29 is 19.2 Å². The fourth-order valence-electron chi connectivity index (χ4n) is 3.18. The van der Waals surface area contributed by atoms with Crippen LogP contribution in [0.25, 0.3) is 10.2 Å². The summed E-state index contributed by atoms with van der Waals surface area (Å²) in [7, 11) is 5.54. The highest BCUT2D eigenvalue weighted by Crippen LogP contribution is 2.31. The second-order valence-electron chi connectivity index (χ2n) is 7.74. The summed E-state index contributed by atoms with van der Waals surface area (Å²) in [5, 5.41) is 0.700. The molecule has 0 unspecified atom stereocenters. The van der Waals surface area contributed by atoms with Crippen LogP contribution in [0.3, 0.4) is 0 Å². The van der Waals surface area contributed by atoms with Crippen molar-refractivity contribution in [2.75, 3.05) is 39.2 Å². The molecule has 2 aromatic carbocycles. The molecular weight excluding hydrogens is 398 g/mol. The van der Waals surface area contributed by atoms with Gasteiger partial charge in [-0.2, -0.15) is 0 Å². The highest BCUT2D eigenvalue weighted by Gasteiger charge is 2.22. The summed E-state index contributed by atoms with van der Waals surface area (Å²) in [4.78, 5) is 32.9. The lowest BCUT2D eigenvalue weighted by Gasteiger charge is -2.20. The molecule has 1 aromatic heterocycles. The number of methoxy groups -OCH3 is 1. The average Bonchev–Trinajstić information content (AvgIpc) is 3.12. The van der Waals surface area contributed by atoms with Gasteiger partial charge in [-0.05, 0) is 61.4 Å². The molecule has 6 nitrogen and oxygen atoms in total. The van der Waals surface area contributed by atoms with Crippen LogP contribution in [-0.4, -0.2) is 51.2 Å². The van der Waals surface area contributed by atoms with Gasteiger partial charge < -0.3 is 9.64 Å². The fourth-order valence-corrected chi connectivity index (χ4v) is 4.25. The number of amides is 1. The van der Waals surface area contributed by atoms with Gasteiger partial charge in [-0.1, -0.05) is 11.3 Å². The van der Waals surface area contributed by atoms with Crippen LogP contribution in [0.1, 0.15) is 38.3 Å². The zero-order valence-electron chi connectivity index (χ0n) is 18.1. The quantitative estimate of drug-likeness (QED) is 0.590. The predicted octanol–water partition coefficient (Wildman–Crippen LogP) is 2.88. The Bertz CT molecular complexity index is 1020. The molecule has 0 atom stereocenters. The Morgan fingerprint density at radius 3 is 2.33 bits per heavy atom. The Balaban J connectivity index is 1.93. The van der Waals surface area contributed by atoms with Crippen LogP contribution in [-0.2, 0) is 4.74 Å². The lowest BCUT2D eigenvalue weighted by atomic mass is 10.1. The van der Waals surface area contributed by atoms with Crippen LogP contribution >= 0.6 is 11.3 Å². The zero-order valence-corrected chi connectivity index (χ0v) is 18.9. The van der Waals surface area contributed by atoms with Crippen molar-refractivity contribution in [1.82, 2.24) is 4.98 Å². The van der Waals surface area contributed by atoms with E-state index in [1.54, 1.807) is 29.2 Å². The molecule has 0 aliphatic carbocycles. The maximum Gasteiger partial charge on any atom is 0.337 e. The minimum Gasteiger partial charge on any atom is -0.465 e. The number of esters is 1. The zero-order chi connectivity index (χ0) is 21.8. The molecular formula is C23H28N3O3S+. The molecule has 0 radical (unpaired) electrons. The number of quaternary nitrogens is 1. The third kappa shape index (κ3) is 4.86. The van der Waals surface area contributed by atoms with E-state index < -0.39 is 5.97 Å². The lowest BCUT2D eigenvalue weighted by molar-refractivity contribution is -0.858. The normalized spacial score (nSPS) is 11.1. The van der Waals surface area contributed by atoms with Gasteiger partial charge in [0.05, 0.1) is 43.5 Å². The number of anilines is 1. The molecule has 0 fully saturated rings. The molecule has 0 aliphatic rings. The summed E-state index contributed by atoms with van der Waals surface area (Å²) in [5.41, 5.74) is 4.25. The number of carbonyl (C=O) groups excluding carboxylic acids is 2. The third-order valence-electron chi connectivity index (χ3n) is 5.08. The second kappa shape index (κ2) is 9.36. The first kappa shape index (κ1) is 21.9. The van der Waals surface area contributed by atoms with Gasteiger partial charge >= 0.3 is 5.97 Å². The van der Waals surface area contributed by atoms with Crippen molar-refractivity contribution in [1.29, 1.82) is 0 Å². The summed E-state index contributed by atoms with van der Waals surface area (Å²) in [6.45, 7) is 5.69. The number of benzene rings is 2. The standard InChI is InChI=1S/C23H27N3O3S/c1-15-13-19-20(14-16(15)2)30-23(24-19)26(12-6-11-25(3)4)21(27)17-7-9-18(10-8-17)22(28)29-5/h7-10,13-14H,6,11-12H2,1-5H3/p+1. The van der Waals surface area contributed by atoms with E-state index in [2.05, 4.69) is 40.1 Å². The number of rotatable bonds is 7. The maximum absolute atomic E-state index is 13.4. The van der Waals surface area contributed by atoms with Gasteiger partial charge in [0.2, 0.25) is 0 Å². The van der Waals surface area contributed by atoms with Gasteiger partial charge in [-0.25, -0.2) is 9.78 Å². The van der Waals surface area contributed by atoms with Gasteiger partial charge in [0.1, 0.15) is 0 Å². The van der Waals surface area contributed by atoms with E-state index in [4.69, 9.17) is 9.72 Å². The molecule has 0 saturated carbocycles. The topological polar surface area (TPSA) is 63.9 Å². The van der Waals surface area contributed by atoms with E-state index in [0.29, 0.717) is 22.8 Å². The van der Waals surface area contributed by atoms with Crippen LogP contribution in [0, 0.1) is 13.8 Å². The third-order valence-corrected chi connectivity index (χ3v) is 6.12. The first-order valence-corrected chi connectivity index (χ1v) is 10.8. The van der Waals surface area contributed by atoms with E-state index in [9.17, 15) is 9.59 Å². The van der Waals surface area contributed by atoms with Gasteiger partial charge in [0.15, 0.2) is 5.13 Å². The molecule has 0 spiro atoms. The smallest absolute Gasteiger partial charge is 0.337 e. The number of fused-ring (bicyclic) bond motifs is 1. The number of hydrogen-bond donors (Lipinski definition) is 1. The largest absolute Gasteiger partial charge is 0.465 e. The fraction of sp³-hybridized carbons (Fsp3) is 0.348. The number of hydrogen-bond acceptors (Lipinski definition) is 5. The minimum atomic E-state index is -0.420. The maximum atomic E-state index is 13.4. The van der Waals surface area contributed by atoms with Gasteiger partial charge in [-0.3, -0.25) is 9.69 Å². The Morgan fingerprint density at radius 1 is 1.07 bits per heavy atom. The summed E-state index contributed by atoms with van der Waals surface area (Å²) < 4.78 is 5.81. The van der Waals surface area contributed by atoms with Crippen molar-refractivity contribution in [2.24, 2.45) is 0 Å². The molecule has 7 heteroatoms. The number of aryl methyl sites for hydroxylation is 2. The van der Waals surface area contributed by atoms with Gasteiger partial charge in [0, 0.05) is 18.5 Å². The molecule has 3 aromatic rings. The van der Waals surface area contributed by atoms with Crippen molar-refractivity contribution >= 4 is 38.6 Å². The Morgan fingerprint density at radius 2 is 1.70 bits per heavy atom. The average molecular weight is 427 g/mol. The van der Waals surface area contributed by atoms with E-state index >= 15 is 0 Å². The number of thiazole rings is 1. The first-order valence-electron chi connectivity index (χ1n) is 9.97. The van der Waals surface area contributed by atoms with E-state index in [1.807, 2.05) is 0 Å². The Hall–Kier alpha value is -2.77. The highest BCUT2D eigenvalue weighted by molar-refractivity contribution is 7.22. The van der Waals surface area contributed by atoms with Crippen molar-refractivity contribution in [3.63, 3.8) is 0 Å². The lowest BCUT2D eigenvalue weighted by Crippen LogP contribution is -3.05. The van der Waals surface area contributed by atoms with Gasteiger partial charge in [0.25, 0.3) is 5.91 Å². The molecule has 0 aliphatic heterocycles. The molecule has 30 heavy (non-hydrogen) atoms. The number of nitrogens with one attached hydrogen (secondary N) is 1. The Kier molecular flexibility index (Phi) is 6.84. The minimum absolute atomic E-state index is 0.118. The number of carbonyl (C=O) groups is 2. The molecule has 3 rings (SSSR count). The van der Waals surface area contributed by atoms with E-state index in [0.717, 1.165) is 23.2 Å². The number of nitrogens with zero attached hydrogens (tertiary/aromatic N) is 2. The molecule has 0 bridgehead atoms. The molecule has 1 heterocycles. The van der Waals surface area contributed by atoms with Gasteiger partial charge in [-0.15, -0.1) is 0 Å². The number of ether oxygens (including phenoxy) is 1. The van der Waals surface area contributed by atoms with Crippen LogP contribution < -0.4 is 9.80 Å². The van der Waals surface area contributed by atoms with Crippen LogP contribution in [0.5, 0.6) is 0 Å². The molecule has 0 saturated heterocycles. The van der Waals surface area contributed by atoms with Crippen molar-refractivity contribution in [3.05, 3.63) is 58.7 Å². The highest BCUT2D eigenvalue weighted by atomic mass is 32.1. The van der Waals surface area contributed by atoms with Crippen LogP contribution in [0.15, 0.2) is 36.4 Å². The monoisotopic (exact) mass is 426 g/mol. The molecule has 158 valence electrons. The number of aromatic nitrogens is 1. The Labute approximate surface area is 181 Å². The summed E-state index contributed by atoms with van der Waals surface area (Å²) >= 11 is 1.53. The summed E-state index contributed by atoms with van der Waals surface area (Å²) in [6, 6.07) is 10.8. The van der Waals surface area contributed by atoms with Crippen LogP contribution in [0.4, 0.5) is 5.13 Å². The molecule has 1 N–H and O–H groups in total. The molecule has 1 amide bonds. The second-order valence-corrected chi connectivity index (χ2v) is 8.75. The summed E-state index contributed by atoms with van der Waals surface area (Å²) in [5.74, 6) is -0.538. The van der Waals surface area contributed by atoms with Crippen LogP contribution in [0.2, 0.25) is 0 Å². The SMILES string of the molecule is COC(=O)c1ccc(C(=O)N(CCC[NH+](C)C)c2nc3cc(C)c(C)cc3s2)cc1. The first-order chi connectivity index (χ1) is 14.3. The van der Waals surface area contributed by atoms with E-state index in [-0.39, 0.29) is 5.91 Å². The predicted molar refractivity (Wildman–Crippen MR) is 121 cm³/mol. The van der Waals surface area contributed by atoms with Crippen molar-refractivity contribution in [3.8, 4) is 0 Å². The van der Waals surface area contributed by atoms with E-state index in [1.165, 1.54) is 34.5 Å². The van der Waals surface area contributed by atoms with Crippen molar-refractivity contribution in [2.45, 2.75) is 20.3 Å².